The Bertz CT molecular complexity index is 1010. The van der Waals surface area contributed by atoms with Gasteiger partial charge in [0.1, 0.15) is 11.3 Å². The van der Waals surface area contributed by atoms with E-state index in [2.05, 4.69) is 30.1 Å². The highest BCUT2D eigenvalue weighted by atomic mass is 35.5. The van der Waals surface area contributed by atoms with E-state index in [9.17, 15) is 4.79 Å². The van der Waals surface area contributed by atoms with Crippen LogP contribution >= 0.6 is 11.6 Å². The third-order valence-electron chi connectivity index (χ3n) is 5.21. The molecule has 154 valence electrons. The molecule has 0 amide bonds. The number of methoxy groups -OCH3 is 1. The third-order valence-corrected chi connectivity index (χ3v) is 5.55. The smallest absolute Gasteiger partial charge is 0.336 e. The molecule has 0 aliphatic carbocycles. The van der Waals surface area contributed by atoms with Crippen LogP contribution in [-0.2, 0) is 6.54 Å². The van der Waals surface area contributed by atoms with Gasteiger partial charge in [-0.1, -0.05) is 43.6 Å². The van der Waals surface area contributed by atoms with Gasteiger partial charge in [-0.2, -0.15) is 0 Å². The molecule has 0 aliphatic rings. The van der Waals surface area contributed by atoms with Crippen molar-refractivity contribution in [2.45, 2.75) is 26.4 Å². The molecule has 3 aromatic rings. The molecule has 1 N–H and O–H groups in total. The number of hydrogen-bond donors (Lipinski definition) is 1. The van der Waals surface area contributed by atoms with Crippen molar-refractivity contribution in [3.8, 4) is 5.75 Å². The van der Waals surface area contributed by atoms with Crippen molar-refractivity contribution in [2.75, 3.05) is 26.7 Å². The molecule has 0 aliphatic heterocycles. The van der Waals surface area contributed by atoms with E-state index < -0.39 is 0 Å². The Kier molecular flexibility index (Phi) is 7.31. The highest BCUT2D eigenvalue weighted by Gasteiger charge is 2.20. The van der Waals surface area contributed by atoms with Crippen LogP contribution in [0.1, 0.15) is 31.0 Å². The van der Waals surface area contributed by atoms with Crippen molar-refractivity contribution in [3.05, 3.63) is 75.1 Å². The third kappa shape index (κ3) is 4.99. The predicted molar refractivity (Wildman–Crippen MR) is 118 cm³/mol. The van der Waals surface area contributed by atoms with Gasteiger partial charge < -0.3 is 14.5 Å². The van der Waals surface area contributed by atoms with Crippen LogP contribution in [-0.4, -0.2) is 31.6 Å². The molecule has 1 atom stereocenters. The Morgan fingerprint density at radius 2 is 1.90 bits per heavy atom. The molecule has 0 saturated heterocycles. The second-order valence-corrected chi connectivity index (χ2v) is 7.25. The SMILES string of the molecule is CCN(CC)[C@H](CNCc1cc(=O)oc2cc(OC)ccc12)c1ccccc1Cl. The van der Waals surface area contributed by atoms with E-state index in [0.717, 1.165) is 34.6 Å². The van der Waals surface area contributed by atoms with Crippen molar-refractivity contribution in [3.63, 3.8) is 0 Å². The van der Waals surface area contributed by atoms with Gasteiger partial charge in [-0.15, -0.1) is 0 Å². The zero-order chi connectivity index (χ0) is 20.8. The quantitative estimate of drug-likeness (QED) is 0.517. The molecule has 1 heterocycles. The van der Waals surface area contributed by atoms with Crippen LogP contribution in [0.5, 0.6) is 5.75 Å². The zero-order valence-corrected chi connectivity index (χ0v) is 17.8. The first kappa shape index (κ1) is 21.4. The highest BCUT2D eigenvalue weighted by molar-refractivity contribution is 6.31. The fraction of sp³-hybridized carbons (Fsp3) is 0.348. The van der Waals surface area contributed by atoms with Crippen molar-refractivity contribution in [1.29, 1.82) is 0 Å². The second-order valence-electron chi connectivity index (χ2n) is 6.84. The Labute approximate surface area is 176 Å². The minimum absolute atomic E-state index is 0.144. The van der Waals surface area contributed by atoms with Gasteiger partial charge in [0.2, 0.25) is 0 Å². The first-order valence-corrected chi connectivity index (χ1v) is 10.2. The van der Waals surface area contributed by atoms with Gasteiger partial charge in [-0.3, -0.25) is 4.90 Å². The fourth-order valence-electron chi connectivity index (χ4n) is 3.67. The lowest BCUT2D eigenvalue weighted by atomic mass is 10.0. The van der Waals surface area contributed by atoms with Crippen LogP contribution in [0.4, 0.5) is 0 Å². The number of benzene rings is 2. The van der Waals surface area contributed by atoms with Crippen LogP contribution in [0.15, 0.2) is 57.7 Å². The summed E-state index contributed by atoms with van der Waals surface area (Å²) in [6, 6.07) is 15.2. The van der Waals surface area contributed by atoms with Crippen LogP contribution < -0.4 is 15.7 Å². The number of rotatable bonds is 9. The minimum atomic E-state index is -0.367. The molecule has 0 spiro atoms. The van der Waals surface area contributed by atoms with Crippen LogP contribution in [0.3, 0.4) is 0 Å². The average Bonchev–Trinajstić information content (AvgIpc) is 2.73. The van der Waals surface area contributed by atoms with Gasteiger partial charge in [0.15, 0.2) is 0 Å². The van der Waals surface area contributed by atoms with E-state index in [1.165, 1.54) is 0 Å². The summed E-state index contributed by atoms with van der Waals surface area (Å²) in [6.07, 6.45) is 0. The monoisotopic (exact) mass is 414 g/mol. The largest absolute Gasteiger partial charge is 0.497 e. The van der Waals surface area contributed by atoms with E-state index >= 15 is 0 Å². The topological polar surface area (TPSA) is 54.7 Å². The summed E-state index contributed by atoms with van der Waals surface area (Å²) in [6.45, 7) is 7.41. The second kappa shape index (κ2) is 9.92. The van der Waals surface area contributed by atoms with E-state index in [-0.39, 0.29) is 11.7 Å². The highest BCUT2D eigenvalue weighted by Crippen LogP contribution is 2.27. The molecule has 6 heteroatoms. The number of nitrogens with one attached hydrogen (secondary N) is 1. The fourth-order valence-corrected chi connectivity index (χ4v) is 3.93. The van der Waals surface area contributed by atoms with Crippen LogP contribution in [0, 0.1) is 0 Å². The maximum absolute atomic E-state index is 12.0. The van der Waals surface area contributed by atoms with E-state index in [4.69, 9.17) is 20.8 Å². The Balaban J connectivity index is 1.82. The molecule has 0 unspecified atom stereocenters. The molecular formula is C23H27ClN2O3. The van der Waals surface area contributed by atoms with Gasteiger partial charge >= 0.3 is 5.63 Å². The summed E-state index contributed by atoms with van der Waals surface area (Å²) in [7, 11) is 1.59. The number of ether oxygens (including phenoxy) is 1. The van der Waals surface area contributed by atoms with Crippen LogP contribution in [0.2, 0.25) is 5.02 Å². The number of likely N-dealkylation sites (N-methyl/N-ethyl adjacent to an activating group) is 1. The van der Waals surface area contributed by atoms with Gasteiger partial charge in [0.05, 0.1) is 7.11 Å². The molecule has 29 heavy (non-hydrogen) atoms. The van der Waals surface area contributed by atoms with Gasteiger partial charge in [-0.05, 0) is 42.4 Å². The number of hydrogen-bond acceptors (Lipinski definition) is 5. The average molecular weight is 415 g/mol. The summed E-state index contributed by atoms with van der Waals surface area (Å²) in [4.78, 5) is 14.4. The van der Waals surface area contributed by atoms with Crippen molar-refractivity contribution in [2.24, 2.45) is 0 Å². The van der Waals surface area contributed by atoms with Crippen molar-refractivity contribution in [1.82, 2.24) is 10.2 Å². The molecule has 2 aromatic carbocycles. The standard InChI is InChI=1S/C23H27ClN2O3/c1-4-26(5-2)21(19-8-6-7-9-20(19)24)15-25-14-16-12-23(27)29-22-13-17(28-3)10-11-18(16)22/h6-13,21,25H,4-5,14-15H2,1-3H3/t21-/m1/s1. The summed E-state index contributed by atoms with van der Waals surface area (Å²) in [5.74, 6) is 0.658. The lowest BCUT2D eigenvalue weighted by Gasteiger charge is -2.31. The maximum Gasteiger partial charge on any atom is 0.336 e. The predicted octanol–water partition coefficient (Wildman–Crippen LogP) is 4.63. The normalized spacial score (nSPS) is 12.4. The number of nitrogens with zero attached hydrogens (tertiary/aromatic N) is 1. The van der Waals surface area contributed by atoms with Gasteiger partial charge in [0, 0.05) is 41.7 Å². The van der Waals surface area contributed by atoms with Gasteiger partial charge in [0.25, 0.3) is 0 Å². The van der Waals surface area contributed by atoms with E-state index in [1.807, 2.05) is 30.3 Å². The summed E-state index contributed by atoms with van der Waals surface area (Å²) < 4.78 is 10.6. The van der Waals surface area contributed by atoms with Crippen LogP contribution in [0.25, 0.3) is 11.0 Å². The van der Waals surface area contributed by atoms with E-state index in [0.29, 0.717) is 24.4 Å². The first-order valence-electron chi connectivity index (χ1n) is 9.87. The lowest BCUT2D eigenvalue weighted by Crippen LogP contribution is -2.36. The van der Waals surface area contributed by atoms with Gasteiger partial charge in [-0.25, -0.2) is 4.79 Å². The molecule has 3 rings (SSSR count). The summed E-state index contributed by atoms with van der Waals surface area (Å²) in [5, 5.41) is 5.18. The minimum Gasteiger partial charge on any atom is -0.497 e. The summed E-state index contributed by atoms with van der Waals surface area (Å²) >= 11 is 6.48. The van der Waals surface area contributed by atoms with E-state index in [1.54, 1.807) is 19.2 Å². The lowest BCUT2D eigenvalue weighted by molar-refractivity contribution is 0.213. The number of fused-ring (bicyclic) bond motifs is 1. The molecule has 0 saturated carbocycles. The molecule has 5 nitrogen and oxygen atoms in total. The first-order chi connectivity index (χ1) is 14.1. The molecule has 0 fully saturated rings. The molecule has 0 bridgehead atoms. The van der Waals surface area contributed by atoms with Crippen molar-refractivity contribution >= 4 is 22.6 Å². The maximum atomic E-state index is 12.0. The molecule has 1 aromatic heterocycles. The van der Waals surface area contributed by atoms with Crippen molar-refractivity contribution < 1.29 is 9.15 Å². The Morgan fingerprint density at radius 1 is 1.14 bits per heavy atom. The number of halogens is 1. The zero-order valence-electron chi connectivity index (χ0n) is 17.1. The molecule has 0 radical (unpaired) electrons. The Hall–Kier alpha value is -2.34. The molecular weight excluding hydrogens is 388 g/mol. The Morgan fingerprint density at radius 3 is 2.59 bits per heavy atom. The summed E-state index contributed by atoms with van der Waals surface area (Å²) in [5.41, 5.74) is 2.16.